The highest BCUT2D eigenvalue weighted by atomic mass is 19.1. The molecule has 0 saturated carbocycles. The second-order valence-electron chi connectivity index (χ2n) is 7.49. The van der Waals surface area contributed by atoms with Crippen LogP contribution < -0.4 is 4.74 Å². The van der Waals surface area contributed by atoms with E-state index in [2.05, 4.69) is 11.2 Å². The molecule has 0 aliphatic heterocycles. The van der Waals surface area contributed by atoms with Crippen molar-refractivity contribution in [3.05, 3.63) is 83.8 Å². The quantitative estimate of drug-likeness (QED) is 0.436. The van der Waals surface area contributed by atoms with E-state index in [-0.39, 0.29) is 12.2 Å². The molecule has 3 aromatic carbocycles. The summed E-state index contributed by atoms with van der Waals surface area (Å²) in [7, 11) is 1.90. The lowest BCUT2D eigenvalue weighted by molar-refractivity contribution is -0.136. The van der Waals surface area contributed by atoms with Gasteiger partial charge in [0.25, 0.3) is 0 Å². The summed E-state index contributed by atoms with van der Waals surface area (Å²) >= 11 is 0. The first kappa shape index (κ1) is 20.6. The Bertz CT molecular complexity index is 1230. The Balaban J connectivity index is 1.62. The van der Waals surface area contributed by atoms with Crippen LogP contribution in [0.4, 0.5) is 4.39 Å². The van der Waals surface area contributed by atoms with Crippen molar-refractivity contribution in [2.24, 2.45) is 7.05 Å². The Kier molecular flexibility index (Phi) is 5.98. The number of halogens is 1. The zero-order valence-corrected chi connectivity index (χ0v) is 17.2. The largest absolute Gasteiger partial charge is 0.493 e. The molecule has 0 aliphatic carbocycles. The number of carbonyl (C=O) groups is 1. The topological polar surface area (TPSA) is 64.4 Å². The fourth-order valence-corrected chi connectivity index (χ4v) is 3.64. The minimum absolute atomic E-state index is 0.0703. The van der Waals surface area contributed by atoms with Gasteiger partial charge in [0.05, 0.1) is 18.3 Å². The van der Waals surface area contributed by atoms with Crippen LogP contribution in [0.1, 0.15) is 17.5 Å². The monoisotopic (exact) mass is 418 g/mol. The molecule has 6 heteroatoms. The van der Waals surface area contributed by atoms with E-state index in [1.165, 1.54) is 12.1 Å². The van der Waals surface area contributed by atoms with Crippen molar-refractivity contribution in [1.29, 1.82) is 0 Å². The molecule has 1 aromatic heterocycles. The van der Waals surface area contributed by atoms with Gasteiger partial charge in [-0.3, -0.25) is 9.48 Å². The molecule has 0 fully saturated rings. The molecule has 31 heavy (non-hydrogen) atoms. The molecule has 4 rings (SSSR count). The number of aromatic nitrogens is 2. The van der Waals surface area contributed by atoms with Crippen molar-refractivity contribution < 1.29 is 19.0 Å². The first-order valence-electron chi connectivity index (χ1n) is 10.1. The molecule has 158 valence electrons. The maximum absolute atomic E-state index is 13.4. The summed E-state index contributed by atoms with van der Waals surface area (Å²) in [6, 6.07) is 18.3. The van der Waals surface area contributed by atoms with E-state index >= 15 is 0 Å². The zero-order valence-electron chi connectivity index (χ0n) is 17.2. The standard InChI is InChI=1S/C25H23FN2O3/c1-28-23-8-7-19(15-20(23)16-27-28)22-14-18(6-10-25(29)30)5-9-24(22)31-12-11-17-3-2-4-21(26)13-17/h2-5,7-9,13-16H,6,10-12H2,1H3,(H,29,30). The van der Waals surface area contributed by atoms with Crippen LogP contribution in [0.25, 0.3) is 22.0 Å². The fraction of sp³-hybridized carbons (Fsp3) is 0.200. The zero-order chi connectivity index (χ0) is 21.8. The Labute approximate surface area is 179 Å². The summed E-state index contributed by atoms with van der Waals surface area (Å²) in [6.07, 6.45) is 2.92. The normalized spacial score (nSPS) is 11.0. The van der Waals surface area contributed by atoms with Crippen LogP contribution in [-0.2, 0) is 24.7 Å². The van der Waals surface area contributed by atoms with Gasteiger partial charge in [0, 0.05) is 30.8 Å². The summed E-state index contributed by atoms with van der Waals surface area (Å²) in [5.74, 6) is -0.377. The minimum Gasteiger partial charge on any atom is -0.493 e. The van der Waals surface area contributed by atoms with Crippen molar-refractivity contribution in [2.75, 3.05) is 6.61 Å². The van der Waals surface area contributed by atoms with E-state index in [1.807, 2.05) is 54.3 Å². The highest BCUT2D eigenvalue weighted by Gasteiger charge is 2.11. The van der Waals surface area contributed by atoms with Gasteiger partial charge in [-0.2, -0.15) is 5.10 Å². The molecule has 0 aliphatic rings. The molecular weight excluding hydrogens is 395 g/mol. The number of fused-ring (bicyclic) bond motifs is 1. The van der Waals surface area contributed by atoms with Gasteiger partial charge in [0.1, 0.15) is 11.6 Å². The van der Waals surface area contributed by atoms with Gasteiger partial charge < -0.3 is 9.84 Å². The lowest BCUT2D eigenvalue weighted by Gasteiger charge is -2.14. The summed E-state index contributed by atoms with van der Waals surface area (Å²) in [4.78, 5) is 11.0. The second kappa shape index (κ2) is 9.00. The predicted octanol–water partition coefficient (Wildman–Crippen LogP) is 5.02. The van der Waals surface area contributed by atoms with E-state index < -0.39 is 5.97 Å². The van der Waals surface area contributed by atoms with Gasteiger partial charge in [-0.1, -0.05) is 24.3 Å². The van der Waals surface area contributed by atoms with E-state index in [4.69, 9.17) is 9.84 Å². The van der Waals surface area contributed by atoms with E-state index in [0.717, 1.165) is 33.2 Å². The highest BCUT2D eigenvalue weighted by Crippen LogP contribution is 2.33. The number of rotatable bonds is 8. The SMILES string of the molecule is Cn1ncc2cc(-c3cc(CCC(=O)O)ccc3OCCc3cccc(F)c3)ccc21. The van der Waals surface area contributed by atoms with Gasteiger partial charge in [-0.05, 0) is 59.5 Å². The summed E-state index contributed by atoms with van der Waals surface area (Å²) in [5, 5.41) is 14.3. The third-order valence-corrected chi connectivity index (χ3v) is 5.27. The Morgan fingerprint density at radius 3 is 2.71 bits per heavy atom. The number of carboxylic acid groups (broad SMARTS) is 1. The minimum atomic E-state index is -0.825. The molecule has 1 N–H and O–H groups in total. The fourth-order valence-electron chi connectivity index (χ4n) is 3.64. The smallest absolute Gasteiger partial charge is 0.303 e. The number of aliphatic carboxylic acids is 1. The molecule has 0 radical (unpaired) electrons. The number of benzene rings is 3. The van der Waals surface area contributed by atoms with Crippen molar-refractivity contribution >= 4 is 16.9 Å². The molecular formula is C25H23FN2O3. The first-order chi connectivity index (χ1) is 15.0. The number of ether oxygens (including phenoxy) is 1. The van der Waals surface area contributed by atoms with Crippen LogP contribution in [0.5, 0.6) is 5.75 Å². The molecule has 0 saturated heterocycles. The average Bonchev–Trinajstić information content (AvgIpc) is 3.13. The van der Waals surface area contributed by atoms with E-state index in [9.17, 15) is 9.18 Å². The van der Waals surface area contributed by atoms with Gasteiger partial charge in [0.15, 0.2) is 0 Å². The number of aryl methyl sites for hydroxylation is 2. The van der Waals surface area contributed by atoms with Crippen LogP contribution in [-0.4, -0.2) is 27.5 Å². The molecule has 0 spiro atoms. The van der Waals surface area contributed by atoms with Gasteiger partial charge in [-0.15, -0.1) is 0 Å². The van der Waals surface area contributed by atoms with Crippen molar-refractivity contribution in [1.82, 2.24) is 9.78 Å². The third kappa shape index (κ3) is 4.91. The van der Waals surface area contributed by atoms with Crippen molar-refractivity contribution in [3.8, 4) is 16.9 Å². The first-order valence-corrected chi connectivity index (χ1v) is 10.1. The number of nitrogens with zero attached hydrogens (tertiary/aromatic N) is 2. The van der Waals surface area contributed by atoms with Crippen LogP contribution in [0.2, 0.25) is 0 Å². The maximum atomic E-state index is 13.4. The van der Waals surface area contributed by atoms with Crippen LogP contribution >= 0.6 is 0 Å². The van der Waals surface area contributed by atoms with Crippen molar-refractivity contribution in [3.63, 3.8) is 0 Å². The van der Waals surface area contributed by atoms with Gasteiger partial charge in [-0.25, -0.2) is 4.39 Å². The molecule has 5 nitrogen and oxygen atoms in total. The van der Waals surface area contributed by atoms with Gasteiger partial charge >= 0.3 is 5.97 Å². The molecule has 0 amide bonds. The van der Waals surface area contributed by atoms with E-state index in [0.29, 0.717) is 25.2 Å². The highest BCUT2D eigenvalue weighted by molar-refractivity contribution is 5.86. The Morgan fingerprint density at radius 2 is 1.90 bits per heavy atom. The molecule has 0 bridgehead atoms. The molecule has 0 atom stereocenters. The maximum Gasteiger partial charge on any atom is 0.303 e. The number of hydrogen-bond donors (Lipinski definition) is 1. The van der Waals surface area contributed by atoms with E-state index in [1.54, 1.807) is 6.07 Å². The number of hydrogen-bond acceptors (Lipinski definition) is 3. The Morgan fingerprint density at radius 1 is 1.06 bits per heavy atom. The lowest BCUT2D eigenvalue weighted by atomic mass is 9.99. The van der Waals surface area contributed by atoms with Crippen molar-refractivity contribution in [2.45, 2.75) is 19.3 Å². The number of carboxylic acids is 1. The molecule has 1 heterocycles. The summed E-state index contributed by atoms with van der Waals surface area (Å²) in [6.45, 7) is 0.403. The second-order valence-corrected chi connectivity index (χ2v) is 7.49. The third-order valence-electron chi connectivity index (χ3n) is 5.27. The average molecular weight is 418 g/mol. The molecule has 0 unspecified atom stereocenters. The summed E-state index contributed by atoms with van der Waals surface area (Å²) < 4.78 is 21.3. The van der Waals surface area contributed by atoms with Crippen LogP contribution in [0.15, 0.2) is 66.9 Å². The van der Waals surface area contributed by atoms with Crippen LogP contribution in [0, 0.1) is 5.82 Å². The molecule has 4 aromatic rings. The van der Waals surface area contributed by atoms with Gasteiger partial charge in [0.2, 0.25) is 0 Å². The van der Waals surface area contributed by atoms with Crippen LogP contribution in [0.3, 0.4) is 0 Å². The summed E-state index contributed by atoms with van der Waals surface area (Å²) in [5.41, 5.74) is 4.70. The lowest BCUT2D eigenvalue weighted by Crippen LogP contribution is -2.03. The Hall–Kier alpha value is -3.67. The predicted molar refractivity (Wildman–Crippen MR) is 118 cm³/mol.